The topological polar surface area (TPSA) is 157 Å². The number of carbonyl (C=O) groups is 3. The number of furan rings is 1. The van der Waals surface area contributed by atoms with E-state index < -0.39 is 24.0 Å². The first-order valence-corrected chi connectivity index (χ1v) is 11.3. The molecule has 0 spiro atoms. The maximum Gasteiger partial charge on any atom is 0.408 e. The summed E-state index contributed by atoms with van der Waals surface area (Å²) in [5.41, 5.74) is 7.79. The number of amidine groups is 1. The van der Waals surface area contributed by atoms with Crippen LogP contribution < -0.4 is 21.1 Å². The summed E-state index contributed by atoms with van der Waals surface area (Å²) in [6, 6.07) is 20.9. The van der Waals surface area contributed by atoms with E-state index in [1.807, 2.05) is 30.3 Å². The van der Waals surface area contributed by atoms with Crippen LogP contribution in [-0.2, 0) is 16.1 Å². The van der Waals surface area contributed by atoms with Crippen molar-refractivity contribution in [2.75, 3.05) is 5.32 Å². The predicted molar refractivity (Wildman–Crippen MR) is 136 cm³/mol. The van der Waals surface area contributed by atoms with Crippen LogP contribution in [0.3, 0.4) is 0 Å². The number of ether oxygens (including phenoxy) is 2. The van der Waals surface area contributed by atoms with E-state index in [9.17, 15) is 14.4 Å². The molecule has 0 saturated heterocycles. The van der Waals surface area contributed by atoms with Crippen molar-refractivity contribution in [3.63, 3.8) is 0 Å². The first-order chi connectivity index (χ1) is 17.8. The number of nitrogens with one attached hydrogen (secondary N) is 3. The predicted octanol–water partition coefficient (Wildman–Crippen LogP) is 4.19. The number of esters is 1. The zero-order valence-electron chi connectivity index (χ0n) is 19.8. The van der Waals surface area contributed by atoms with Crippen molar-refractivity contribution in [1.29, 1.82) is 5.41 Å². The van der Waals surface area contributed by atoms with Crippen molar-refractivity contribution in [3.8, 4) is 5.75 Å². The van der Waals surface area contributed by atoms with Gasteiger partial charge in [-0.05, 0) is 61.0 Å². The minimum Gasteiger partial charge on any atom is -0.451 e. The highest BCUT2D eigenvalue weighted by Gasteiger charge is 2.19. The molecule has 188 valence electrons. The zero-order chi connectivity index (χ0) is 26.4. The minimum absolute atomic E-state index is 0.0785. The molecule has 10 heteroatoms. The highest BCUT2D eigenvalue weighted by atomic mass is 16.6. The Morgan fingerprint density at radius 3 is 2.43 bits per heavy atom. The molecular formula is C27H24N4O6. The molecule has 0 bridgehead atoms. The average Bonchev–Trinajstić information content (AvgIpc) is 3.33. The van der Waals surface area contributed by atoms with Crippen molar-refractivity contribution in [2.24, 2.45) is 5.73 Å². The molecule has 0 aliphatic carbocycles. The first kappa shape index (κ1) is 25.0. The van der Waals surface area contributed by atoms with E-state index in [1.54, 1.807) is 36.4 Å². The normalized spacial score (nSPS) is 11.4. The van der Waals surface area contributed by atoms with Crippen molar-refractivity contribution >= 4 is 40.5 Å². The fourth-order valence-corrected chi connectivity index (χ4v) is 3.33. The van der Waals surface area contributed by atoms with E-state index in [2.05, 4.69) is 10.6 Å². The molecule has 5 N–H and O–H groups in total. The molecule has 1 heterocycles. The monoisotopic (exact) mass is 500 g/mol. The first-order valence-electron chi connectivity index (χ1n) is 11.3. The summed E-state index contributed by atoms with van der Waals surface area (Å²) < 4.78 is 16.0. The van der Waals surface area contributed by atoms with E-state index in [4.69, 9.17) is 25.0 Å². The molecule has 3 aromatic carbocycles. The number of hydrogen-bond acceptors (Lipinski definition) is 7. The smallest absolute Gasteiger partial charge is 0.408 e. The second-order valence-corrected chi connectivity index (χ2v) is 8.10. The fraction of sp³-hybridized carbons (Fsp3) is 0.111. The highest BCUT2D eigenvalue weighted by molar-refractivity contribution is 6.05. The second kappa shape index (κ2) is 11.1. The molecule has 0 saturated carbocycles. The summed E-state index contributed by atoms with van der Waals surface area (Å²) in [7, 11) is 0. The van der Waals surface area contributed by atoms with Gasteiger partial charge in [0.1, 0.15) is 29.8 Å². The van der Waals surface area contributed by atoms with Crippen LogP contribution in [0.5, 0.6) is 5.75 Å². The van der Waals surface area contributed by atoms with Crippen molar-refractivity contribution in [3.05, 3.63) is 95.7 Å². The highest BCUT2D eigenvalue weighted by Crippen LogP contribution is 2.22. The molecular weight excluding hydrogens is 476 g/mol. The number of anilines is 1. The lowest BCUT2D eigenvalue weighted by Gasteiger charge is -2.13. The summed E-state index contributed by atoms with van der Waals surface area (Å²) in [5.74, 6) is -0.916. The molecule has 1 atom stereocenters. The van der Waals surface area contributed by atoms with Gasteiger partial charge in [-0.15, -0.1) is 0 Å². The Morgan fingerprint density at radius 1 is 1.00 bits per heavy atom. The third-order valence-corrected chi connectivity index (χ3v) is 5.28. The molecule has 4 aromatic rings. The molecule has 0 radical (unpaired) electrons. The molecule has 0 aliphatic rings. The molecule has 4 rings (SSSR count). The quantitative estimate of drug-likeness (QED) is 0.122. The van der Waals surface area contributed by atoms with Gasteiger partial charge in [-0.3, -0.25) is 10.2 Å². The van der Waals surface area contributed by atoms with Crippen molar-refractivity contribution < 1.29 is 28.3 Å². The van der Waals surface area contributed by atoms with E-state index in [-0.39, 0.29) is 24.0 Å². The Bertz CT molecular complexity index is 1450. The molecule has 2 amide bonds. The number of carbonyl (C=O) groups excluding carboxylic acids is 3. The van der Waals surface area contributed by atoms with Crippen LogP contribution in [0.2, 0.25) is 0 Å². The summed E-state index contributed by atoms with van der Waals surface area (Å²) >= 11 is 0. The Labute approximate surface area is 211 Å². The number of nitrogen functional groups attached to an aromatic ring is 1. The van der Waals surface area contributed by atoms with Gasteiger partial charge < -0.3 is 30.3 Å². The number of alkyl carbamates (subject to hydrolysis) is 1. The van der Waals surface area contributed by atoms with Gasteiger partial charge in [0.15, 0.2) is 5.76 Å². The van der Waals surface area contributed by atoms with Gasteiger partial charge in [-0.25, -0.2) is 9.59 Å². The standard InChI is InChI=1S/C27H24N4O6/c1-16(30-27(34)35-15-17-5-3-2-4-6-17)26(33)36-21-10-8-20(9-11-21)31-25(32)23-14-19-13-18(24(28)29)7-12-22(19)37-23/h2-14,16H,15H2,1H3,(H3,28,29)(H,30,34)(H,31,32). The van der Waals surface area contributed by atoms with Gasteiger partial charge in [0.05, 0.1) is 0 Å². The average molecular weight is 501 g/mol. The lowest BCUT2D eigenvalue weighted by atomic mass is 10.1. The molecule has 0 fully saturated rings. The summed E-state index contributed by atoms with van der Waals surface area (Å²) in [6.07, 6.45) is -0.741. The van der Waals surface area contributed by atoms with Crippen LogP contribution in [0.25, 0.3) is 11.0 Å². The van der Waals surface area contributed by atoms with Gasteiger partial charge in [-0.1, -0.05) is 30.3 Å². The zero-order valence-corrected chi connectivity index (χ0v) is 19.8. The third kappa shape index (κ3) is 6.51. The van der Waals surface area contributed by atoms with Crippen LogP contribution in [0.1, 0.15) is 28.6 Å². The molecule has 1 unspecified atom stereocenters. The number of nitrogens with two attached hydrogens (primary N) is 1. The second-order valence-electron chi connectivity index (χ2n) is 8.10. The summed E-state index contributed by atoms with van der Waals surface area (Å²) in [6.45, 7) is 1.56. The maximum atomic E-state index is 12.6. The number of fused-ring (bicyclic) bond motifs is 1. The van der Waals surface area contributed by atoms with Crippen LogP contribution in [0.15, 0.2) is 83.3 Å². The van der Waals surface area contributed by atoms with Gasteiger partial charge in [-0.2, -0.15) is 0 Å². The van der Waals surface area contributed by atoms with E-state index >= 15 is 0 Å². The van der Waals surface area contributed by atoms with E-state index in [1.165, 1.54) is 19.1 Å². The summed E-state index contributed by atoms with van der Waals surface area (Å²) in [5, 5.41) is 13.3. The van der Waals surface area contributed by atoms with Crippen LogP contribution in [0.4, 0.5) is 10.5 Å². The molecule has 1 aromatic heterocycles. The maximum absolute atomic E-state index is 12.6. The molecule has 37 heavy (non-hydrogen) atoms. The van der Waals surface area contributed by atoms with Gasteiger partial charge in [0.25, 0.3) is 5.91 Å². The Hall–Kier alpha value is -5.12. The number of hydrogen-bond donors (Lipinski definition) is 4. The third-order valence-electron chi connectivity index (χ3n) is 5.28. The summed E-state index contributed by atoms with van der Waals surface area (Å²) in [4.78, 5) is 36.9. The number of amides is 2. The van der Waals surface area contributed by atoms with Crippen LogP contribution in [0, 0.1) is 5.41 Å². The lowest BCUT2D eigenvalue weighted by Crippen LogP contribution is -2.41. The Morgan fingerprint density at radius 2 is 1.73 bits per heavy atom. The number of benzene rings is 3. The molecule has 0 aliphatic heterocycles. The largest absolute Gasteiger partial charge is 0.451 e. The fourth-order valence-electron chi connectivity index (χ4n) is 3.33. The van der Waals surface area contributed by atoms with Crippen molar-refractivity contribution in [2.45, 2.75) is 19.6 Å². The SMILES string of the molecule is CC(NC(=O)OCc1ccccc1)C(=O)Oc1ccc(NC(=O)c2cc3cc(C(=N)N)ccc3o2)cc1. The Balaban J connectivity index is 1.28. The number of rotatable bonds is 8. The van der Waals surface area contributed by atoms with Crippen molar-refractivity contribution in [1.82, 2.24) is 5.32 Å². The van der Waals surface area contributed by atoms with Crippen LogP contribution in [-0.4, -0.2) is 29.8 Å². The van der Waals surface area contributed by atoms with Gasteiger partial charge in [0.2, 0.25) is 0 Å². The van der Waals surface area contributed by atoms with E-state index in [0.29, 0.717) is 22.2 Å². The molecule has 10 nitrogen and oxygen atoms in total. The van der Waals surface area contributed by atoms with Gasteiger partial charge in [0, 0.05) is 16.6 Å². The minimum atomic E-state index is -0.945. The van der Waals surface area contributed by atoms with E-state index in [0.717, 1.165) is 5.56 Å². The van der Waals surface area contributed by atoms with Crippen LogP contribution >= 0.6 is 0 Å². The lowest BCUT2D eigenvalue weighted by molar-refractivity contribution is -0.136. The Kier molecular flexibility index (Phi) is 7.48. The van der Waals surface area contributed by atoms with Gasteiger partial charge >= 0.3 is 12.1 Å².